The molecule has 0 bridgehead atoms. The second kappa shape index (κ2) is 9.15. The van der Waals surface area contributed by atoms with E-state index in [1.807, 2.05) is 6.07 Å². The number of nitrogens with zero attached hydrogens (tertiary/aromatic N) is 1. The minimum Gasteiger partial charge on any atom is -0.381 e. The van der Waals surface area contributed by atoms with Crippen molar-refractivity contribution in [3.05, 3.63) is 70.8 Å². The van der Waals surface area contributed by atoms with Crippen molar-refractivity contribution >= 4 is 5.96 Å². The topological polar surface area (TPSA) is 45.7 Å². The lowest BCUT2D eigenvalue weighted by Gasteiger charge is -2.39. The van der Waals surface area contributed by atoms with E-state index in [0.717, 1.165) is 38.2 Å². The Hall–Kier alpha value is -2.47. The van der Waals surface area contributed by atoms with Gasteiger partial charge in [-0.2, -0.15) is 0 Å². The van der Waals surface area contributed by atoms with Crippen LogP contribution in [0.25, 0.3) is 0 Å². The molecule has 2 aromatic carbocycles. The van der Waals surface area contributed by atoms with Crippen LogP contribution in [0, 0.1) is 18.6 Å². The lowest BCUT2D eigenvalue weighted by atomic mass is 9.72. The minimum atomic E-state index is -0.457. The zero-order valence-electron chi connectivity index (χ0n) is 16.4. The van der Waals surface area contributed by atoms with E-state index >= 15 is 0 Å². The van der Waals surface area contributed by atoms with E-state index in [2.05, 4.69) is 40.7 Å². The smallest absolute Gasteiger partial charge is 0.191 e. The molecule has 0 radical (unpaired) electrons. The molecular formula is C22H27F2N3O. The van der Waals surface area contributed by atoms with Crippen molar-refractivity contribution < 1.29 is 13.5 Å². The number of aryl methyl sites for hydroxylation is 1. The number of guanidine groups is 1. The second-order valence-electron chi connectivity index (χ2n) is 7.22. The molecule has 0 atom stereocenters. The van der Waals surface area contributed by atoms with Gasteiger partial charge in [-0.1, -0.05) is 24.3 Å². The van der Waals surface area contributed by atoms with Crippen molar-refractivity contribution in [1.29, 1.82) is 0 Å². The Morgan fingerprint density at radius 2 is 1.86 bits per heavy atom. The van der Waals surface area contributed by atoms with Gasteiger partial charge in [-0.25, -0.2) is 8.78 Å². The molecule has 28 heavy (non-hydrogen) atoms. The van der Waals surface area contributed by atoms with Gasteiger partial charge in [0.05, 0.1) is 0 Å². The van der Waals surface area contributed by atoms with Gasteiger partial charge in [0.2, 0.25) is 0 Å². The molecule has 1 aliphatic heterocycles. The highest BCUT2D eigenvalue weighted by Crippen LogP contribution is 2.36. The summed E-state index contributed by atoms with van der Waals surface area (Å²) in [6.45, 7) is 4.41. The maximum atomic E-state index is 13.8. The Labute approximate surface area is 165 Å². The minimum absolute atomic E-state index is 0.0503. The van der Waals surface area contributed by atoms with Crippen LogP contribution in [0.15, 0.2) is 47.5 Å². The van der Waals surface area contributed by atoms with Crippen molar-refractivity contribution in [2.75, 3.05) is 26.8 Å². The molecule has 1 saturated heterocycles. The zero-order valence-corrected chi connectivity index (χ0v) is 16.4. The molecule has 0 aromatic heterocycles. The van der Waals surface area contributed by atoms with Gasteiger partial charge in [0.15, 0.2) is 5.96 Å². The van der Waals surface area contributed by atoms with Crippen LogP contribution in [0.1, 0.15) is 29.5 Å². The predicted octanol–water partition coefficient (Wildman–Crippen LogP) is 3.69. The highest BCUT2D eigenvalue weighted by atomic mass is 19.1. The van der Waals surface area contributed by atoms with Crippen LogP contribution in [0.3, 0.4) is 0 Å². The number of aliphatic imine (C=N–C) groups is 1. The molecule has 6 heteroatoms. The molecule has 0 amide bonds. The monoisotopic (exact) mass is 387 g/mol. The Morgan fingerprint density at radius 3 is 2.57 bits per heavy atom. The summed E-state index contributed by atoms with van der Waals surface area (Å²) < 4.78 is 32.8. The largest absolute Gasteiger partial charge is 0.381 e. The number of nitrogens with one attached hydrogen (secondary N) is 2. The molecule has 150 valence electrons. The lowest BCUT2D eigenvalue weighted by molar-refractivity contribution is 0.0512. The van der Waals surface area contributed by atoms with Crippen LogP contribution in [-0.4, -0.2) is 32.8 Å². The first-order valence-electron chi connectivity index (χ1n) is 9.56. The van der Waals surface area contributed by atoms with Crippen molar-refractivity contribution in [2.24, 2.45) is 4.99 Å². The van der Waals surface area contributed by atoms with Crippen LogP contribution >= 0.6 is 0 Å². The van der Waals surface area contributed by atoms with E-state index in [0.29, 0.717) is 12.5 Å². The number of hydrogen-bond donors (Lipinski definition) is 2. The molecule has 1 aliphatic rings. The molecule has 0 saturated carbocycles. The van der Waals surface area contributed by atoms with Gasteiger partial charge < -0.3 is 15.4 Å². The molecule has 0 spiro atoms. The van der Waals surface area contributed by atoms with Gasteiger partial charge in [-0.3, -0.25) is 4.99 Å². The van der Waals surface area contributed by atoms with Gasteiger partial charge in [-0.15, -0.1) is 0 Å². The SMILES string of the molecule is CN=C(NCc1cc(F)ccc1F)NCC1(c2ccccc2C)CCOCC1. The first-order valence-corrected chi connectivity index (χ1v) is 9.56. The van der Waals surface area contributed by atoms with E-state index in [9.17, 15) is 8.78 Å². The third kappa shape index (κ3) is 4.68. The first-order chi connectivity index (χ1) is 13.5. The third-order valence-corrected chi connectivity index (χ3v) is 5.44. The summed E-state index contributed by atoms with van der Waals surface area (Å²) in [6.07, 6.45) is 1.83. The molecular weight excluding hydrogens is 360 g/mol. The molecule has 4 nitrogen and oxygen atoms in total. The summed E-state index contributed by atoms with van der Waals surface area (Å²) >= 11 is 0. The molecule has 0 aliphatic carbocycles. The van der Waals surface area contributed by atoms with Crippen LogP contribution in [0.5, 0.6) is 0 Å². The Morgan fingerprint density at radius 1 is 1.11 bits per heavy atom. The van der Waals surface area contributed by atoms with Gasteiger partial charge in [-0.05, 0) is 49.1 Å². The summed E-state index contributed by atoms with van der Waals surface area (Å²) in [5, 5.41) is 6.45. The zero-order chi connectivity index (χ0) is 20.0. The van der Waals surface area contributed by atoms with Gasteiger partial charge in [0.1, 0.15) is 11.6 Å². The summed E-state index contributed by atoms with van der Waals surface area (Å²) in [5.41, 5.74) is 2.79. The van der Waals surface area contributed by atoms with Crippen molar-refractivity contribution in [3.8, 4) is 0 Å². The Bertz CT molecular complexity index is 832. The van der Waals surface area contributed by atoms with E-state index < -0.39 is 11.6 Å². The van der Waals surface area contributed by atoms with Crippen LogP contribution in [0.2, 0.25) is 0 Å². The summed E-state index contributed by atoms with van der Waals surface area (Å²) in [5.74, 6) is -0.338. The molecule has 0 unspecified atom stereocenters. The maximum Gasteiger partial charge on any atom is 0.191 e. The van der Waals surface area contributed by atoms with Crippen LogP contribution < -0.4 is 10.6 Å². The molecule has 2 N–H and O–H groups in total. The molecule has 2 aromatic rings. The first kappa shape index (κ1) is 20.3. The number of ether oxygens (including phenoxy) is 1. The molecule has 3 rings (SSSR count). The molecule has 1 fully saturated rings. The summed E-state index contributed by atoms with van der Waals surface area (Å²) in [6, 6.07) is 11.9. The lowest BCUT2D eigenvalue weighted by Crippen LogP contribution is -2.48. The normalized spacial score (nSPS) is 16.6. The fourth-order valence-electron chi connectivity index (χ4n) is 3.80. The van der Waals surface area contributed by atoms with Gasteiger partial charge in [0.25, 0.3) is 0 Å². The number of hydrogen-bond acceptors (Lipinski definition) is 2. The Balaban J connectivity index is 1.69. The Kier molecular flexibility index (Phi) is 6.62. The van der Waals surface area contributed by atoms with Gasteiger partial charge >= 0.3 is 0 Å². The average Bonchev–Trinajstić information content (AvgIpc) is 2.71. The highest BCUT2D eigenvalue weighted by Gasteiger charge is 2.35. The van der Waals surface area contributed by atoms with Gasteiger partial charge in [0, 0.05) is 44.3 Å². The predicted molar refractivity (Wildman–Crippen MR) is 107 cm³/mol. The second-order valence-corrected chi connectivity index (χ2v) is 7.22. The standard InChI is InChI=1S/C22H27F2N3O/c1-16-5-3-4-6-19(16)22(9-11-28-12-10-22)15-27-21(25-2)26-14-17-13-18(23)7-8-20(17)24/h3-8,13H,9-12,14-15H2,1-2H3,(H2,25,26,27). The average molecular weight is 387 g/mol. The fourth-order valence-corrected chi connectivity index (χ4v) is 3.80. The summed E-state index contributed by atoms with van der Waals surface area (Å²) in [7, 11) is 1.67. The quantitative estimate of drug-likeness (QED) is 0.608. The van der Waals surface area contributed by atoms with E-state index in [4.69, 9.17) is 4.74 Å². The summed E-state index contributed by atoms with van der Waals surface area (Å²) in [4.78, 5) is 4.23. The van der Waals surface area contributed by atoms with Crippen molar-refractivity contribution in [2.45, 2.75) is 31.7 Å². The number of rotatable bonds is 5. The van der Waals surface area contributed by atoms with E-state index in [1.54, 1.807) is 7.05 Å². The third-order valence-electron chi connectivity index (χ3n) is 5.44. The maximum absolute atomic E-state index is 13.8. The van der Waals surface area contributed by atoms with Crippen molar-refractivity contribution in [3.63, 3.8) is 0 Å². The number of benzene rings is 2. The van der Waals surface area contributed by atoms with Crippen molar-refractivity contribution in [1.82, 2.24) is 10.6 Å². The van der Waals surface area contributed by atoms with Crippen LogP contribution in [-0.2, 0) is 16.7 Å². The van der Waals surface area contributed by atoms with E-state index in [-0.39, 0.29) is 17.5 Å². The number of halogens is 2. The highest BCUT2D eigenvalue weighted by molar-refractivity contribution is 5.79. The molecule has 1 heterocycles. The van der Waals surface area contributed by atoms with E-state index in [1.165, 1.54) is 17.2 Å². The fraction of sp³-hybridized carbons (Fsp3) is 0.409. The van der Waals surface area contributed by atoms with Crippen LogP contribution in [0.4, 0.5) is 8.78 Å².